The van der Waals surface area contributed by atoms with E-state index < -0.39 is 11.7 Å². The summed E-state index contributed by atoms with van der Waals surface area (Å²) in [6.07, 6.45) is 6.96. The highest BCUT2D eigenvalue weighted by molar-refractivity contribution is 5.87. The Balaban J connectivity index is 1.27. The SMILES string of the molecule is CC(OCCOc1ccc(C2CCCCC2)cc1)Oc1ccc2cc(OC(=O)C(C)(CC(C)(C)C)C(C)(C)C)ccc2c1. The van der Waals surface area contributed by atoms with Gasteiger partial charge in [-0.15, -0.1) is 0 Å². The molecule has 0 heterocycles. The maximum atomic E-state index is 13.5. The van der Waals surface area contributed by atoms with Gasteiger partial charge in [-0.1, -0.05) is 85.1 Å². The van der Waals surface area contributed by atoms with Crippen molar-refractivity contribution < 1.29 is 23.7 Å². The lowest BCUT2D eigenvalue weighted by Gasteiger charge is -2.43. The number of esters is 1. The van der Waals surface area contributed by atoms with E-state index in [1.807, 2.05) is 50.2 Å². The average molecular weight is 589 g/mol. The lowest BCUT2D eigenvalue weighted by Crippen LogP contribution is -2.45. The molecular formula is C38H52O5. The molecule has 2 atom stereocenters. The van der Waals surface area contributed by atoms with Gasteiger partial charge in [0.15, 0.2) is 6.29 Å². The first-order valence-corrected chi connectivity index (χ1v) is 16.0. The highest BCUT2D eigenvalue weighted by Crippen LogP contribution is 2.47. The van der Waals surface area contributed by atoms with Crippen molar-refractivity contribution in [2.75, 3.05) is 13.2 Å². The molecular weight excluding hydrogens is 536 g/mol. The van der Waals surface area contributed by atoms with Crippen LogP contribution in [0.2, 0.25) is 0 Å². The molecule has 0 aliphatic heterocycles. The van der Waals surface area contributed by atoms with Gasteiger partial charge in [0, 0.05) is 0 Å². The normalized spacial score (nSPS) is 16.8. The van der Waals surface area contributed by atoms with Gasteiger partial charge in [-0.05, 0) is 103 Å². The number of carbonyl (C=O) groups excluding carboxylic acids is 1. The summed E-state index contributed by atoms with van der Waals surface area (Å²) in [5.74, 6) is 2.64. The lowest BCUT2D eigenvalue weighted by atomic mass is 9.61. The number of ether oxygens (including phenoxy) is 4. The Labute approximate surface area is 259 Å². The van der Waals surface area contributed by atoms with Crippen molar-refractivity contribution >= 4 is 16.7 Å². The minimum absolute atomic E-state index is 0.00500. The van der Waals surface area contributed by atoms with Crippen LogP contribution < -0.4 is 14.2 Å². The quantitative estimate of drug-likeness (QED) is 0.0965. The Morgan fingerprint density at radius 3 is 1.95 bits per heavy atom. The molecule has 1 fully saturated rings. The first-order valence-electron chi connectivity index (χ1n) is 16.0. The van der Waals surface area contributed by atoms with Crippen LogP contribution in [-0.2, 0) is 9.53 Å². The van der Waals surface area contributed by atoms with Crippen LogP contribution in [0.3, 0.4) is 0 Å². The zero-order valence-electron chi connectivity index (χ0n) is 27.6. The number of hydrogen-bond donors (Lipinski definition) is 0. The van der Waals surface area contributed by atoms with Crippen LogP contribution in [0.1, 0.15) is 105 Å². The molecule has 0 N–H and O–H groups in total. The number of rotatable bonds is 11. The predicted octanol–water partition coefficient (Wildman–Crippen LogP) is 10.1. The molecule has 0 saturated heterocycles. The van der Waals surface area contributed by atoms with Crippen molar-refractivity contribution in [2.24, 2.45) is 16.2 Å². The third kappa shape index (κ3) is 8.98. The minimum Gasteiger partial charge on any atom is -0.491 e. The second-order valence-electron chi connectivity index (χ2n) is 14.7. The summed E-state index contributed by atoms with van der Waals surface area (Å²) in [4.78, 5) is 13.5. The Bertz CT molecular complexity index is 1340. The van der Waals surface area contributed by atoms with Crippen LogP contribution in [0.4, 0.5) is 0 Å². The fraction of sp³-hybridized carbons (Fsp3) is 0.553. The van der Waals surface area contributed by atoms with E-state index in [0.717, 1.165) is 28.7 Å². The van der Waals surface area contributed by atoms with Crippen molar-refractivity contribution in [3.05, 3.63) is 66.2 Å². The van der Waals surface area contributed by atoms with E-state index in [1.54, 1.807) is 0 Å². The van der Waals surface area contributed by atoms with Gasteiger partial charge in [0.25, 0.3) is 0 Å². The minimum atomic E-state index is -0.627. The summed E-state index contributed by atoms with van der Waals surface area (Å²) in [6, 6.07) is 20.1. The van der Waals surface area contributed by atoms with E-state index in [4.69, 9.17) is 18.9 Å². The highest BCUT2D eigenvalue weighted by Gasteiger charge is 2.48. The molecule has 0 spiro atoms. The van der Waals surface area contributed by atoms with Crippen LogP contribution >= 0.6 is 0 Å². The number of hydrogen-bond acceptors (Lipinski definition) is 5. The molecule has 234 valence electrons. The first-order chi connectivity index (χ1) is 20.2. The molecule has 0 bridgehead atoms. The monoisotopic (exact) mass is 588 g/mol. The maximum Gasteiger partial charge on any atom is 0.317 e. The molecule has 0 radical (unpaired) electrons. The summed E-state index contributed by atoms with van der Waals surface area (Å²) >= 11 is 0. The Morgan fingerprint density at radius 2 is 1.35 bits per heavy atom. The van der Waals surface area contributed by atoms with Crippen molar-refractivity contribution in [1.29, 1.82) is 0 Å². The van der Waals surface area contributed by atoms with Crippen LogP contribution in [-0.4, -0.2) is 25.5 Å². The van der Waals surface area contributed by atoms with Gasteiger partial charge >= 0.3 is 5.97 Å². The Hall–Kier alpha value is -3.05. The second-order valence-corrected chi connectivity index (χ2v) is 14.7. The van der Waals surface area contributed by atoms with E-state index in [-0.39, 0.29) is 16.8 Å². The van der Waals surface area contributed by atoms with Crippen molar-refractivity contribution in [2.45, 2.75) is 106 Å². The van der Waals surface area contributed by atoms with Gasteiger partial charge < -0.3 is 18.9 Å². The molecule has 3 aromatic rings. The smallest absolute Gasteiger partial charge is 0.317 e. The summed E-state index contributed by atoms with van der Waals surface area (Å²) < 4.78 is 23.7. The van der Waals surface area contributed by atoms with Gasteiger partial charge in [-0.25, -0.2) is 0 Å². The Kier molecular flexibility index (Phi) is 10.5. The standard InChI is InChI=1S/C38H52O5/c1-27(40-22-23-41-32-18-14-29(15-19-32)28-12-10-9-11-13-28)42-33-20-16-31-25-34(21-17-30(31)24-33)43-35(39)38(8,37(5,6)7)26-36(2,3)4/h14-21,24-25,27-28H,9-13,22-23,26H2,1-8H3. The summed E-state index contributed by atoms with van der Waals surface area (Å²) in [7, 11) is 0. The van der Waals surface area contributed by atoms with Crippen LogP contribution in [0.15, 0.2) is 60.7 Å². The van der Waals surface area contributed by atoms with Crippen molar-refractivity contribution in [3.8, 4) is 17.2 Å². The summed E-state index contributed by atoms with van der Waals surface area (Å²) in [6.45, 7) is 17.6. The fourth-order valence-corrected chi connectivity index (χ4v) is 6.13. The van der Waals surface area contributed by atoms with E-state index >= 15 is 0 Å². The zero-order valence-corrected chi connectivity index (χ0v) is 27.6. The first kappa shape index (κ1) is 32.9. The molecule has 43 heavy (non-hydrogen) atoms. The van der Waals surface area contributed by atoms with Gasteiger partial charge in [0.05, 0.1) is 12.0 Å². The molecule has 4 rings (SSSR count). The average Bonchev–Trinajstić information content (AvgIpc) is 2.94. The molecule has 0 amide bonds. The van der Waals surface area contributed by atoms with Crippen LogP contribution in [0.25, 0.3) is 10.8 Å². The van der Waals surface area contributed by atoms with E-state index in [9.17, 15) is 4.79 Å². The highest BCUT2D eigenvalue weighted by atomic mass is 16.7. The summed E-state index contributed by atoms with van der Waals surface area (Å²) in [5.41, 5.74) is 0.552. The van der Waals surface area contributed by atoms with Gasteiger partial charge in [-0.3, -0.25) is 4.79 Å². The van der Waals surface area contributed by atoms with Gasteiger partial charge in [0.1, 0.15) is 23.9 Å². The molecule has 1 saturated carbocycles. The zero-order chi connectivity index (χ0) is 31.3. The van der Waals surface area contributed by atoms with E-state index in [0.29, 0.717) is 24.9 Å². The third-order valence-electron chi connectivity index (χ3n) is 8.95. The largest absolute Gasteiger partial charge is 0.491 e. The number of benzene rings is 3. The van der Waals surface area contributed by atoms with Crippen LogP contribution in [0.5, 0.6) is 17.2 Å². The van der Waals surface area contributed by atoms with Crippen molar-refractivity contribution in [3.63, 3.8) is 0 Å². The van der Waals surface area contributed by atoms with Gasteiger partial charge in [0.2, 0.25) is 0 Å². The molecule has 3 aromatic carbocycles. The lowest BCUT2D eigenvalue weighted by molar-refractivity contribution is -0.154. The molecule has 5 heteroatoms. The second kappa shape index (κ2) is 13.7. The van der Waals surface area contributed by atoms with E-state index in [2.05, 4.69) is 65.8 Å². The Morgan fingerprint density at radius 1 is 0.767 bits per heavy atom. The van der Waals surface area contributed by atoms with E-state index in [1.165, 1.54) is 37.7 Å². The number of carbonyl (C=O) groups is 1. The maximum absolute atomic E-state index is 13.5. The van der Waals surface area contributed by atoms with Crippen molar-refractivity contribution in [1.82, 2.24) is 0 Å². The third-order valence-corrected chi connectivity index (χ3v) is 8.95. The predicted molar refractivity (Wildman–Crippen MR) is 175 cm³/mol. The van der Waals surface area contributed by atoms with Crippen LogP contribution in [0, 0.1) is 16.2 Å². The molecule has 5 nitrogen and oxygen atoms in total. The number of fused-ring (bicyclic) bond motifs is 1. The fourth-order valence-electron chi connectivity index (χ4n) is 6.13. The molecule has 2 unspecified atom stereocenters. The molecule has 0 aromatic heterocycles. The molecule has 1 aliphatic carbocycles. The summed E-state index contributed by atoms with van der Waals surface area (Å²) in [5, 5.41) is 1.97. The topological polar surface area (TPSA) is 54.0 Å². The van der Waals surface area contributed by atoms with Gasteiger partial charge in [-0.2, -0.15) is 0 Å². The molecule has 1 aliphatic rings.